The second kappa shape index (κ2) is 7.22. The van der Waals surface area contributed by atoms with Crippen molar-refractivity contribution in [3.05, 3.63) is 0 Å². The third-order valence-electron chi connectivity index (χ3n) is 4.52. The number of carbonyl (C=O) groups is 1. The van der Waals surface area contributed by atoms with E-state index in [1.54, 1.807) is 0 Å². The monoisotopic (exact) mass is 270 g/mol. The van der Waals surface area contributed by atoms with Gasteiger partial charge in [-0.25, -0.2) is 0 Å². The van der Waals surface area contributed by atoms with Crippen molar-refractivity contribution in [2.45, 2.75) is 44.8 Å². The lowest BCUT2D eigenvalue weighted by Gasteiger charge is -2.35. The van der Waals surface area contributed by atoms with Gasteiger partial charge in [-0.3, -0.25) is 9.69 Å². The number of hydrogen-bond donors (Lipinski definition) is 3. The summed E-state index contributed by atoms with van der Waals surface area (Å²) in [6.45, 7) is 3.51. The molecule has 5 nitrogen and oxygen atoms in total. The quantitative estimate of drug-likeness (QED) is 0.692. The average Bonchev–Trinajstić information content (AvgIpc) is 2.46. The van der Waals surface area contributed by atoms with Crippen LogP contribution in [-0.4, -0.2) is 53.5 Å². The van der Waals surface area contributed by atoms with Gasteiger partial charge < -0.3 is 15.5 Å². The highest BCUT2D eigenvalue weighted by molar-refractivity contribution is 5.70. The standard InChI is InChI=1S/C14H26N2O3/c17-13(4-3-11-5-7-15-8-6-11)16-9-1-2-12(10-16)14(18)19/h11-13,15,17H,1-10H2,(H,18,19). The Labute approximate surface area is 115 Å². The van der Waals surface area contributed by atoms with Crippen LogP contribution in [0.2, 0.25) is 0 Å². The van der Waals surface area contributed by atoms with E-state index in [0.717, 1.165) is 51.2 Å². The Bertz CT molecular complexity index is 292. The van der Waals surface area contributed by atoms with Crippen LogP contribution in [0.1, 0.15) is 38.5 Å². The molecule has 110 valence electrons. The lowest BCUT2D eigenvalue weighted by Crippen LogP contribution is -2.45. The maximum absolute atomic E-state index is 11.0. The predicted octanol–water partition coefficient (Wildman–Crippen LogP) is 0.881. The van der Waals surface area contributed by atoms with Crippen molar-refractivity contribution >= 4 is 5.97 Å². The summed E-state index contributed by atoms with van der Waals surface area (Å²) in [4.78, 5) is 13.0. The molecule has 5 heteroatoms. The van der Waals surface area contributed by atoms with Crippen molar-refractivity contribution in [2.75, 3.05) is 26.2 Å². The van der Waals surface area contributed by atoms with Gasteiger partial charge in [0.1, 0.15) is 6.23 Å². The third kappa shape index (κ3) is 4.44. The molecule has 0 aliphatic carbocycles. The number of aliphatic carboxylic acids is 1. The van der Waals surface area contributed by atoms with Crippen molar-refractivity contribution in [2.24, 2.45) is 11.8 Å². The highest BCUT2D eigenvalue weighted by Crippen LogP contribution is 2.23. The molecule has 2 heterocycles. The van der Waals surface area contributed by atoms with Crippen LogP contribution in [0, 0.1) is 11.8 Å². The molecule has 2 saturated heterocycles. The highest BCUT2D eigenvalue weighted by atomic mass is 16.4. The zero-order valence-corrected chi connectivity index (χ0v) is 11.6. The van der Waals surface area contributed by atoms with Gasteiger partial charge >= 0.3 is 5.97 Å². The van der Waals surface area contributed by atoms with E-state index in [9.17, 15) is 9.90 Å². The van der Waals surface area contributed by atoms with Gasteiger partial charge in [0.05, 0.1) is 5.92 Å². The van der Waals surface area contributed by atoms with E-state index in [2.05, 4.69) is 5.32 Å². The fraction of sp³-hybridized carbons (Fsp3) is 0.929. The number of rotatable bonds is 5. The molecule has 0 bridgehead atoms. The number of piperidine rings is 2. The number of aliphatic hydroxyl groups is 1. The Balaban J connectivity index is 1.72. The number of nitrogens with one attached hydrogen (secondary N) is 1. The number of carboxylic acid groups (broad SMARTS) is 1. The largest absolute Gasteiger partial charge is 0.481 e. The normalized spacial score (nSPS) is 28.2. The summed E-state index contributed by atoms with van der Waals surface area (Å²) in [6, 6.07) is 0. The van der Waals surface area contributed by atoms with Crippen LogP contribution in [0.25, 0.3) is 0 Å². The smallest absolute Gasteiger partial charge is 0.307 e. The number of hydrogen-bond acceptors (Lipinski definition) is 4. The molecule has 2 aliphatic rings. The van der Waals surface area contributed by atoms with Gasteiger partial charge in [0, 0.05) is 13.1 Å². The molecule has 0 aromatic rings. The van der Waals surface area contributed by atoms with E-state index in [1.807, 2.05) is 4.90 Å². The average molecular weight is 270 g/mol. The zero-order chi connectivity index (χ0) is 13.7. The lowest BCUT2D eigenvalue weighted by molar-refractivity contribution is -0.145. The summed E-state index contributed by atoms with van der Waals surface area (Å²) < 4.78 is 0. The van der Waals surface area contributed by atoms with Crippen LogP contribution < -0.4 is 5.32 Å². The minimum atomic E-state index is -0.727. The highest BCUT2D eigenvalue weighted by Gasteiger charge is 2.29. The summed E-state index contributed by atoms with van der Waals surface area (Å²) >= 11 is 0. The molecule has 0 radical (unpaired) electrons. The summed E-state index contributed by atoms with van der Waals surface area (Å²) in [7, 11) is 0. The van der Waals surface area contributed by atoms with Gasteiger partial charge in [0.2, 0.25) is 0 Å². The van der Waals surface area contributed by atoms with Crippen LogP contribution in [-0.2, 0) is 4.79 Å². The fourth-order valence-electron chi connectivity index (χ4n) is 3.22. The number of nitrogens with zero attached hydrogens (tertiary/aromatic N) is 1. The first-order valence-corrected chi connectivity index (χ1v) is 7.52. The Morgan fingerprint density at radius 1 is 1.32 bits per heavy atom. The van der Waals surface area contributed by atoms with Crippen LogP contribution in [0.4, 0.5) is 0 Å². The molecule has 0 aromatic heterocycles. The SMILES string of the molecule is O=C(O)C1CCCN(C(O)CCC2CCNCC2)C1. The summed E-state index contributed by atoms with van der Waals surface area (Å²) in [5.41, 5.74) is 0. The van der Waals surface area contributed by atoms with Crippen LogP contribution in [0.3, 0.4) is 0 Å². The van der Waals surface area contributed by atoms with E-state index in [4.69, 9.17) is 5.11 Å². The minimum Gasteiger partial charge on any atom is -0.481 e. The minimum absolute atomic E-state index is 0.303. The van der Waals surface area contributed by atoms with Crippen LogP contribution >= 0.6 is 0 Å². The molecular formula is C14H26N2O3. The van der Waals surface area contributed by atoms with Gasteiger partial charge in [-0.1, -0.05) is 0 Å². The van der Waals surface area contributed by atoms with Gasteiger partial charge in [-0.15, -0.1) is 0 Å². The zero-order valence-electron chi connectivity index (χ0n) is 11.6. The molecule has 2 fully saturated rings. The van der Waals surface area contributed by atoms with Crippen molar-refractivity contribution in [1.29, 1.82) is 0 Å². The predicted molar refractivity (Wildman–Crippen MR) is 72.8 cm³/mol. The summed E-state index contributed by atoms with van der Waals surface area (Å²) in [6.07, 6.45) is 5.38. The number of likely N-dealkylation sites (tertiary alicyclic amines) is 1. The second-order valence-electron chi connectivity index (χ2n) is 5.92. The van der Waals surface area contributed by atoms with Crippen LogP contribution in [0.5, 0.6) is 0 Å². The summed E-state index contributed by atoms with van der Waals surface area (Å²) in [5.74, 6) is -0.312. The molecule has 2 rings (SSSR count). The van der Waals surface area contributed by atoms with E-state index in [0.29, 0.717) is 6.54 Å². The van der Waals surface area contributed by atoms with Crippen molar-refractivity contribution in [1.82, 2.24) is 10.2 Å². The summed E-state index contributed by atoms with van der Waals surface area (Å²) in [5, 5.41) is 22.6. The van der Waals surface area contributed by atoms with Crippen molar-refractivity contribution in [3.63, 3.8) is 0 Å². The molecule has 0 aromatic carbocycles. The third-order valence-corrected chi connectivity index (χ3v) is 4.52. The molecule has 2 aliphatic heterocycles. The fourth-order valence-corrected chi connectivity index (χ4v) is 3.22. The van der Waals surface area contributed by atoms with E-state index in [-0.39, 0.29) is 5.92 Å². The molecule has 0 amide bonds. The Kier molecular flexibility index (Phi) is 5.60. The Morgan fingerprint density at radius 2 is 2.05 bits per heavy atom. The molecule has 3 N–H and O–H groups in total. The topological polar surface area (TPSA) is 72.8 Å². The second-order valence-corrected chi connectivity index (χ2v) is 5.92. The molecule has 19 heavy (non-hydrogen) atoms. The van der Waals surface area contributed by atoms with Gasteiger partial charge in [-0.05, 0) is 57.5 Å². The molecular weight excluding hydrogens is 244 g/mol. The first kappa shape index (κ1) is 14.8. The first-order valence-electron chi connectivity index (χ1n) is 7.52. The van der Waals surface area contributed by atoms with E-state index < -0.39 is 12.2 Å². The van der Waals surface area contributed by atoms with Crippen molar-refractivity contribution < 1.29 is 15.0 Å². The first-order chi connectivity index (χ1) is 9.16. The Hall–Kier alpha value is -0.650. The maximum atomic E-state index is 11.0. The van der Waals surface area contributed by atoms with Gasteiger partial charge in [0.25, 0.3) is 0 Å². The van der Waals surface area contributed by atoms with E-state index in [1.165, 1.54) is 12.8 Å². The molecule has 0 saturated carbocycles. The number of aliphatic hydroxyl groups excluding tert-OH is 1. The lowest BCUT2D eigenvalue weighted by atomic mass is 9.92. The van der Waals surface area contributed by atoms with Crippen molar-refractivity contribution in [3.8, 4) is 0 Å². The molecule has 0 spiro atoms. The Morgan fingerprint density at radius 3 is 2.74 bits per heavy atom. The van der Waals surface area contributed by atoms with Gasteiger partial charge in [-0.2, -0.15) is 0 Å². The van der Waals surface area contributed by atoms with Crippen LogP contribution in [0.15, 0.2) is 0 Å². The van der Waals surface area contributed by atoms with E-state index >= 15 is 0 Å². The maximum Gasteiger partial charge on any atom is 0.307 e. The molecule has 2 atom stereocenters. The van der Waals surface area contributed by atoms with Gasteiger partial charge in [0.15, 0.2) is 0 Å². The number of carboxylic acids is 1. The molecule has 2 unspecified atom stereocenters.